The summed E-state index contributed by atoms with van der Waals surface area (Å²) >= 11 is 5.98. The molecule has 2 aromatic rings. The van der Waals surface area contributed by atoms with E-state index in [9.17, 15) is 35.1 Å². The van der Waals surface area contributed by atoms with Gasteiger partial charge in [-0.3, -0.25) is 0 Å². The molecule has 174 valence electrons. The van der Waals surface area contributed by atoms with Gasteiger partial charge in [0.15, 0.2) is 46.5 Å². The summed E-state index contributed by atoms with van der Waals surface area (Å²) in [6.07, 6.45) is 0. The third kappa shape index (κ3) is 5.70. The number of hydrogen-bond acceptors (Lipinski definition) is 5. The summed E-state index contributed by atoms with van der Waals surface area (Å²) in [5.41, 5.74) is -1.54. The second-order valence-corrected chi connectivity index (χ2v) is 13.0. The van der Waals surface area contributed by atoms with Crippen LogP contribution >= 0.6 is 58.8 Å². The Morgan fingerprint density at radius 3 is 1.31 bits per heavy atom. The van der Waals surface area contributed by atoms with Crippen molar-refractivity contribution in [2.75, 3.05) is 5.75 Å². The van der Waals surface area contributed by atoms with E-state index in [-0.39, 0.29) is 16.0 Å². The summed E-state index contributed by atoms with van der Waals surface area (Å²) in [6.45, 7) is 1.91. The van der Waals surface area contributed by atoms with Crippen molar-refractivity contribution in [2.45, 2.75) is 22.3 Å². The SMILES string of the molecule is CCSC1SC(SCc2c(F)c(F)cc(F)c2F)=C(SCc2c(F)c(F)cc(F)c2F)S1. The molecule has 1 aliphatic rings. The smallest absolute Gasteiger partial charge is 0.166 e. The first kappa shape index (κ1) is 26.0. The molecule has 0 bridgehead atoms. The fourth-order valence-corrected chi connectivity index (χ4v) is 10.8. The van der Waals surface area contributed by atoms with Crippen LogP contribution in [0, 0.1) is 46.5 Å². The molecule has 0 N–H and O–H groups in total. The molecule has 13 heteroatoms. The van der Waals surface area contributed by atoms with Gasteiger partial charge in [-0.1, -0.05) is 30.4 Å². The van der Waals surface area contributed by atoms with E-state index in [2.05, 4.69) is 0 Å². The molecule has 0 unspecified atom stereocenters. The van der Waals surface area contributed by atoms with Crippen LogP contribution in [0.3, 0.4) is 0 Å². The number of rotatable bonds is 8. The number of thioether (sulfide) groups is 5. The van der Waals surface area contributed by atoms with Crippen molar-refractivity contribution in [2.24, 2.45) is 0 Å². The average molecular weight is 553 g/mol. The largest absolute Gasteiger partial charge is 0.204 e. The van der Waals surface area contributed by atoms with Gasteiger partial charge in [0.1, 0.15) is 3.91 Å². The maximum Gasteiger partial charge on any atom is 0.166 e. The average Bonchev–Trinajstić information content (AvgIpc) is 3.12. The van der Waals surface area contributed by atoms with Crippen LogP contribution in [0.5, 0.6) is 0 Å². The lowest BCUT2D eigenvalue weighted by Crippen LogP contribution is -2.01. The highest BCUT2D eigenvalue weighted by Gasteiger charge is 2.29. The molecule has 1 aliphatic heterocycles. The van der Waals surface area contributed by atoms with Crippen LogP contribution in [0.15, 0.2) is 20.6 Å². The predicted octanol–water partition coefficient (Wildman–Crippen LogP) is 8.61. The van der Waals surface area contributed by atoms with Crippen molar-refractivity contribution in [3.05, 3.63) is 78.3 Å². The Morgan fingerprint density at radius 2 is 1.00 bits per heavy atom. The molecule has 0 atom stereocenters. The second-order valence-electron chi connectivity index (χ2n) is 6.03. The Kier molecular flexibility index (Phi) is 9.09. The van der Waals surface area contributed by atoms with Crippen LogP contribution in [-0.4, -0.2) is 9.67 Å². The topological polar surface area (TPSA) is 0 Å². The Bertz CT molecular complexity index is 927. The molecule has 2 aromatic carbocycles. The van der Waals surface area contributed by atoms with Crippen LogP contribution in [0.2, 0.25) is 0 Å². The molecule has 0 saturated carbocycles. The summed E-state index contributed by atoms with van der Waals surface area (Å²) < 4.78 is 111. The van der Waals surface area contributed by atoms with E-state index in [4.69, 9.17) is 0 Å². The molecule has 0 nitrogen and oxygen atoms in total. The third-order valence-electron chi connectivity index (χ3n) is 3.98. The van der Waals surface area contributed by atoms with Crippen molar-refractivity contribution in [3.8, 4) is 0 Å². The van der Waals surface area contributed by atoms with Gasteiger partial charge in [0, 0.05) is 34.8 Å². The highest BCUT2D eigenvalue weighted by Crippen LogP contribution is 2.59. The van der Waals surface area contributed by atoms with E-state index in [0.717, 1.165) is 29.3 Å². The molecular weight excluding hydrogens is 541 g/mol. The molecular formula is C19H12F8S5. The van der Waals surface area contributed by atoms with E-state index in [1.54, 1.807) is 0 Å². The van der Waals surface area contributed by atoms with E-state index < -0.39 is 69.2 Å². The van der Waals surface area contributed by atoms with Crippen LogP contribution in [-0.2, 0) is 11.5 Å². The van der Waals surface area contributed by atoms with Gasteiger partial charge in [0.25, 0.3) is 0 Å². The fraction of sp³-hybridized carbons (Fsp3) is 0.263. The predicted molar refractivity (Wildman–Crippen MR) is 119 cm³/mol. The lowest BCUT2D eigenvalue weighted by Gasteiger charge is -2.09. The first-order valence-corrected chi connectivity index (χ1v) is 13.5. The summed E-state index contributed by atoms with van der Waals surface area (Å²) in [4.78, 5) is 0. The van der Waals surface area contributed by atoms with Crippen LogP contribution in [0.1, 0.15) is 18.1 Å². The maximum absolute atomic E-state index is 14.0. The zero-order valence-electron chi connectivity index (χ0n) is 15.9. The Labute approximate surface area is 199 Å². The minimum absolute atomic E-state index is 0.0807. The molecule has 0 aromatic heterocycles. The molecule has 1 heterocycles. The second kappa shape index (κ2) is 11.2. The van der Waals surface area contributed by atoms with Gasteiger partial charge in [-0.15, -0.1) is 35.3 Å². The number of halogens is 8. The van der Waals surface area contributed by atoms with Gasteiger partial charge < -0.3 is 0 Å². The van der Waals surface area contributed by atoms with Crippen molar-refractivity contribution >= 4 is 58.8 Å². The minimum atomic E-state index is -1.52. The minimum Gasteiger partial charge on any atom is -0.204 e. The van der Waals surface area contributed by atoms with Crippen molar-refractivity contribution in [1.82, 2.24) is 0 Å². The van der Waals surface area contributed by atoms with Gasteiger partial charge in [0.2, 0.25) is 0 Å². The van der Waals surface area contributed by atoms with Gasteiger partial charge >= 0.3 is 0 Å². The van der Waals surface area contributed by atoms with Gasteiger partial charge in [-0.25, -0.2) is 35.1 Å². The molecule has 0 spiro atoms. The van der Waals surface area contributed by atoms with Gasteiger partial charge in [-0.05, 0) is 5.75 Å². The zero-order valence-corrected chi connectivity index (χ0v) is 20.0. The molecule has 0 fully saturated rings. The summed E-state index contributed by atoms with van der Waals surface area (Å²) in [6, 6.07) is 0.239. The third-order valence-corrected chi connectivity index (χ3v) is 11.4. The molecule has 0 aliphatic carbocycles. The number of hydrogen-bond donors (Lipinski definition) is 0. The van der Waals surface area contributed by atoms with Crippen LogP contribution in [0.4, 0.5) is 35.1 Å². The Morgan fingerprint density at radius 1 is 0.656 bits per heavy atom. The molecule has 0 radical (unpaired) electrons. The maximum atomic E-state index is 14.0. The van der Waals surface area contributed by atoms with Crippen LogP contribution in [0.25, 0.3) is 0 Å². The van der Waals surface area contributed by atoms with Gasteiger partial charge in [0.05, 0.1) is 8.47 Å². The lowest BCUT2D eigenvalue weighted by atomic mass is 10.2. The molecule has 3 rings (SSSR count). The summed E-state index contributed by atoms with van der Waals surface area (Å²) in [5, 5.41) is 0. The van der Waals surface area contributed by atoms with Crippen molar-refractivity contribution in [1.29, 1.82) is 0 Å². The molecule has 32 heavy (non-hydrogen) atoms. The standard InChI is InChI=1S/C19H12F8S5/c1-2-28-19-31-17(29-5-7-13(24)9(20)3-10(21)14(7)25)18(32-19)30-6-8-15(26)11(22)4-12(23)16(8)27/h3-4,19H,2,5-6H2,1H3. The van der Waals surface area contributed by atoms with E-state index in [0.29, 0.717) is 8.47 Å². The highest BCUT2D eigenvalue weighted by atomic mass is 32.3. The van der Waals surface area contributed by atoms with Crippen molar-refractivity contribution in [3.63, 3.8) is 0 Å². The lowest BCUT2D eigenvalue weighted by molar-refractivity contribution is 0.444. The van der Waals surface area contributed by atoms with Crippen molar-refractivity contribution < 1.29 is 35.1 Å². The first-order chi connectivity index (χ1) is 15.1. The van der Waals surface area contributed by atoms with E-state index in [1.165, 1.54) is 35.3 Å². The quantitative estimate of drug-likeness (QED) is 0.237. The van der Waals surface area contributed by atoms with Gasteiger partial charge in [-0.2, -0.15) is 0 Å². The van der Waals surface area contributed by atoms with Crippen LogP contribution < -0.4 is 0 Å². The highest BCUT2D eigenvalue weighted by molar-refractivity contribution is 8.44. The molecule has 0 saturated heterocycles. The number of benzene rings is 2. The monoisotopic (exact) mass is 552 g/mol. The van der Waals surface area contributed by atoms with E-state index >= 15 is 0 Å². The Hall–Kier alpha value is -0.630. The zero-order chi connectivity index (χ0) is 23.6. The Balaban J connectivity index is 1.83. The molecule has 0 amide bonds. The summed E-state index contributed by atoms with van der Waals surface area (Å²) in [7, 11) is 0. The normalized spacial score (nSPS) is 14.7. The van der Waals surface area contributed by atoms with E-state index in [1.807, 2.05) is 6.92 Å². The summed E-state index contributed by atoms with van der Waals surface area (Å²) in [5.74, 6) is -12.2. The fourth-order valence-electron chi connectivity index (χ4n) is 2.46. The first-order valence-electron chi connectivity index (χ1n) is 8.72.